The van der Waals surface area contributed by atoms with E-state index in [1.54, 1.807) is 13.2 Å². The van der Waals surface area contributed by atoms with Crippen LogP contribution in [-0.2, 0) is 0 Å². The standard InChI is InChI=1S/C30H20O3/c1-32-22-12-14-25-21(17-30(31)33-29(25)18-22)10-9-20-6-4-8-26-24(20)15-16-27-23-7-3-2-5-19(23)11-13-28(26)27/h2-18H,1H3/b10-9-. The van der Waals surface area contributed by atoms with Gasteiger partial charge < -0.3 is 9.15 Å². The summed E-state index contributed by atoms with van der Waals surface area (Å²) >= 11 is 0. The zero-order valence-electron chi connectivity index (χ0n) is 18.0. The molecule has 0 aliphatic heterocycles. The summed E-state index contributed by atoms with van der Waals surface area (Å²) in [7, 11) is 1.59. The molecule has 0 saturated carbocycles. The minimum atomic E-state index is -0.383. The molecular weight excluding hydrogens is 408 g/mol. The number of ether oxygens (including phenoxy) is 1. The van der Waals surface area contributed by atoms with Crippen molar-refractivity contribution in [2.24, 2.45) is 0 Å². The van der Waals surface area contributed by atoms with Gasteiger partial charge in [0.2, 0.25) is 0 Å². The predicted octanol–water partition coefficient (Wildman–Crippen LogP) is 7.43. The molecular formula is C30H20O3. The summed E-state index contributed by atoms with van der Waals surface area (Å²) in [6.45, 7) is 0. The Hall–Kier alpha value is -4.37. The zero-order valence-corrected chi connectivity index (χ0v) is 18.0. The third-order valence-electron chi connectivity index (χ3n) is 6.24. The second-order valence-electron chi connectivity index (χ2n) is 8.11. The van der Waals surface area contributed by atoms with Crippen LogP contribution in [0.2, 0.25) is 0 Å². The molecule has 6 aromatic rings. The second-order valence-corrected chi connectivity index (χ2v) is 8.11. The number of fused-ring (bicyclic) bond motifs is 6. The molecule has 3 nitrogen and oxygen atoms in total. The summed E-state index contributed by atoms with van der Waals surface area (Å²) in [6, 6.07) is 30.7. The van der Waals surface area contributed by atoms with Gasteiger partial charge in [-0.2, -0.15) is 0 Å². The predicted molar refractivity (Wildman–Crippen MR) is 137 cm³/mol. The highest BCUT2D eigenvalue weighted by Crippen LogP contribution is 2.33. The van der Waals surface area contributed by atoms with Crippen LogP contribution in [0.4, 0.5) is 0 Å². The molecule has 0 spiro atoms. The molecule has 0 fully saturated rings. The van der Waals surface area contributed by atoms with Gasteiger partial charge in [-0.1, -0.05) is 78.9 Å². The van der Waals surface area contributed by atoms with E-state index in [-0.39, 0.29) is 5.63 Å². The summed E-state index contributed by atoms with van der Waals surface area (Å²) in [5.74, 6) is 0.653. The van der Waals surface area contributed by atoms with Crippen LogP contribution in [0.1, 0.15) is 11.1 Å². The van der Waals surface area contributed by atoms with Crippen LogP contribution in [0.15, 0.2) is 100 Å². The maximum absolute atomic E-state index is 12.1. The van der Waals surface area contributed by atoms with Crippen molar-refractivity contribution < 1.29 is 9.15 Å². The highest BCUT2D eigenvalue weighted by molar-refractivity contribution is 6.18. The lowest BCUT2D eigenvalue weighted by molar-refractivity contribution is 0.414. The summed E-state index contributed by atoms with van der Waals surface area (Å²) in [5, 5.41) is 8.24. The van der Waals surface area contributed by atoms with E-state index in [4.69, 9.17) is 9.15 Å². The quantitative estimate of drug-likeness (QED) is 0.217. The fourth-order valence-electron chi connectivity index (χ4n) is 4.64. The van der Waals surface area contributed by atoms with Gasteiger partial charge >= 0.3 is 5.63 Å². The van der Waals surface area contributed by atoms with Crippen molar-refractivity contribution in [3.05, 3.63) is 113 Å². The van der Waals surface area contributed by atoms with Crippen LogP contribution in [0, 0.1) is 0 Å². The van der Waals surface area contributed by atoms with Gasteiger partial charge in [0.1, 0.15) is 11.3 Å². The zero-order chi connectivity index (χ0) is 22.4. The van der Waals surface area contributed by atoms with Gasteiger partial charge in [-0.3, -0.25) is 0 Å². The van der Waals surface area contributed by atoms with E-state index >= 15 is 0 Å². The normalized spacial score (nSPS) is 11.8. The maximum atomic E-state index is 12.1. The molecule has 1 aromatic heterocycles. The summed E-state index contributed by atoms with van der Waals surface area (Å²) in [4.78, 5) is 12.1. The van der Waals surface area contributed by atoms with E-state index < -0.39 is 0 Å². The molecule has 0 radical (unpaired) electrons. The third-order valence-corrected chi connectivity index (χ3v) is 6.24. The highest BCUT2D eigenvalue weighted by Gasteiger charge is 2.08. The minimum Gasteiger partial charge on any atom is -0.497 e. The SMILES string of the molecule is COc1ccc2c(/C=C\c3cccc4c3ccc3c5ccccc5ccc43)cc(=O)oc2c1. The van der Waals surface area contributed by atoms with Gasteiger partial charge in [-0.25, -0.2) is 4.79 Å². The molecule has 33 heavy (non-hydrogen) atoms. The molecule has 6 rings (SSSR count). The van der Waals surface area contributed by atoms with Crippen LogP contribution in [0.3, 0.4) is 0 Å². The number of rotatable bonds is 3. The molecule has 3 heteroatoms. The lowest BCUT2D eigenvalue weighted by Crippen LogP contribution is -1.98. The van der Waals surface area contributed by atoms with Gasteiger partial charge in [-0.05, 0) is 55.6 Å². The summed E-state index contributed by atoms with van der Waals surface area (Å²) < 4.78 is 10.6. The second kappa shape index (κ2) is 7.64. The first kappa shape index (κ1) is 19.3. The Morgan fingerprint density at radius 1 is 0.636 bits per heavy atom. The van der Waals surface area contributed by atoms with Crippen LogP contribution >= 0.6 is 0 Å². The average Bonchev–Trinajstić information content (AvgIpc) is 2.86. The van der Waals surface area contributed by atoms with Crippen LogP contribution in [-0.4, -0.2) is 7.11 Å². The highest BCUT2D eigenvalue weighted by atomic mass is 16.5. The van der Waals surface area contributed by atoms with Crippen LogP contribution in [0.5, 0.6) is 5.75 Å². The van der Waals surface area contributed by atoms with Gasteiger partial charge in [0.15, 0.2) is 0 Å². The van der Waals surface area contributed by atoms with Crippen molar-refractivity contribution in [3.8, 4) is 5.75 Å². The van der Waals surface area contributed by atoms with Crippen LogP contribution < -0.4 is 10.4 Å². The fourth-order valence-corrected chi connectivity index (χ4v) is 4.64. The fraction of sp³-hybridized carbons (Fsp3) is 0.0333. The first-order chi connectivity index (χ1) is 16.2. The molecule has 0 unspecified atom stereocenters. The number of methoxy groups -OCH3 is 1. The molecule has 0 amide bonds. The van der Waals surface area contributed by atoms with Gasteiger partial charge in [-0.15, -0.1) is 0 Å². The first-order valence-corrected chi connectivity index (χ1v) is 10.8. The van der Waals surface area contributed by atoms with Crippen LogP contribution in [0.25, 0.3) is 55.4 Å². The smallest absolute Gasteiger partial charge is 0.336 e. The molecule has 158 valence electrons. The molecule has 0 aliphatic carbocycles. The van der Waals surface area contributed by atoms with Crippen molar-refractivity contribution >= 4 is 55.4 Å². The third kappa shape index (κ3) is 3.26. The lowest BCUT2D eigenvalue weighted by atomic mass is 9.95. The van der Waals surface area contributed by atoms with Gasteiger partial charge in [0.25, 0.3) is 0 Å². The first-order valence-electron chi connectivity index (χ1n) is 10.8. The average molecular weight is 428 g/mol. The monoisotopic (exact) mass is 428 g/mol. The van der Waals surface area contributed by atoms with E-state index in [1.807, 2.05) is 18.2 Å². The van der Waals surface area contributed by atoms with Gasteiger partial charge in [0, 0.05) is 17.5 Å². The van der Waals surface area contributed by atoms with E-state index in [0.717, 1.165) is 16.5 Å². The molecule has 5 aromatic carbocycles. The molecule has 0 atom stereocenters. The Labute approximate surface area is 190 Å². The van der Waals surface area contributed by atoms with E-state index in [1.165, 1.54) is 38.4 Å². The molecule has 0 bridgehead atoms. The van der Waals surface area contributed by atoms with Crippen molar-refractivity contribution in [1.29, 1.82) is 0 Å². The maximum Gasteiger partial charge on any atom is 0.336 e. The number of hydrogen-bond acceptors (Lipinski definition) is 3. The topological polar surface area (TPSA) is 39.4 Å². The number of hydrogen-bond donors (Lipinski definition) is 0. The Kier molecular flexibility index (Phi) is 4.48. The Morgan fingerprint density at radius 3 is 2.24 bits per heavy atom. The summed E-state index contributed by atoms with van der Waals surface area (Å²) in [5.41, 5.74) is 2.04. The van der Waals surface area contributed by atoms with E-state index in [2.05, 4.69) is 72.8 Å². The summed E-state index contributed by atoms with van der Waals surface area (Å²) in [6.07, 6.45) is 4.04. The number of benzene rings is 5. The minimum absolute atomic E-state index is 0.383. The van der Waals surface area contributed by atoms with Gasteiger partial charge in [0.05, 0.1) is 7.11 Å². The van der Waals surface area contributed by atoms with E-state index in [0.29, 0.717) is 11.3 Å². The molecule has 0 N–H and O–H groups in total. The molecule has 0 saturated heterocycles. The Balaban J connectivity index is 1.52. The van der Waals surface area contributed by atoms with Crippen molar-refractivity contribution in [2.45, 2.75) is 0 Å². The lowest BCUT2D eigenvalue weighted by Gasteiger charge is -2.09. The Morgan fingerprint density at radius 2 is 1.33 bits per heavy atom. The van der Waals surface area contributed by atoms with Crippen molar-refractivity contribution in [1.82, 2.24) is 0 Å². The largest absolute Gasteiger partial charge is 0.497 e. The molecule has 1 heterocycles. The molecule has 0 aliphatic rings. The van der Waals surface area contributed by atoms with Crippen molar-refractivity contribution in [2.75, 3.05) is 7.11 Å². The van der Waals surface area contributed by atoms with Crippen molar-refractivity contribution in [3.63, 3.8) is 0 Å². The Bertz CT molecular complexity index is 1770. The van der Waals surface area contributed by atoms with E-state index in [9.17, 15) is 4.79 Å².